The highest BCUT2D eigenvalue weighted by atomic mass is 79.9. The number of carbonyl (C=O) groups is 2. The van der Waals surface area contributed by atoms with Crippen LogP contribution in [0.15, 0.2) is 44.7 Å². The van der Waals surface area contributed by atoms with E-state index in [2.05, 4.69) is 42.5 Å². The summed E-state index contributed by atoms with van der Waals surface area (Å²) in [5, 5.41) is 5.69. The van der Waals surface area contributed by atoms with E-state index >= 15 is 0 Å². The molecule has 0 aliphatic rings. The predicted molar refractivity (Wildman–Crippen MR) is 111 cm³/mol. The number of nitrogens with one attached hydrogen (secondary N) is 2. The summed E-state index contributed by atoms with van der Waals surface area (Å²) < 4.78 is 6.94. The molecule has 0 saturated carbocycles. The number of carbonyl (C=O) groups excluding carboxylic acids is 2. The summed E-state index contributed by atoms with van der Waals surface area (Å²) in [7, 11) is 0. The van der Waals surface area contributed by atoms with Gasteiger partial charge in [-0.3, -0.25) is 4.79 Å². The molecule has 0 aliphatic heterocycles. The highest BCUT2D eigenvalue weighted by molar-refractivity contribution is 9.13. The Labute approximate surface area is 173 Å². The molecular formula is C18H20Br2N2O3S. The van der Waals surface area contributed by atoms with Gasteiger partial charge in [0.1, 0.15) is 5.60 Å². The van der Waals surface area contributed by atoms with Crippen molar-refractivity contribution in [3.8, 4) is 0 Å². The molecule has 0 saturated heterocycles. The minimum absolute atomic E-state index is 0.207. The topological polar surface area (TPSA) is 67.4 Å². The average Bonchev–Trinajstić information content (AvgIpc) is 2.90. The Morgan fingerprint density at radius 1 is 1.19 bits per heavy atom. The molecule has 0 aliphatic carbocycles. The van der Waals surface area contributed by atoms with Crippen molar-refractivity contribution in [1.82, 2.24) is 10.6 Å². The van der Waals surface area contributed by atoms with Crippen molar-refractivity contribution < 1.29 is 14.3 Å². The van der Waals surface area contributed by atoms with E-state index in [0.29, 0.717) is 4.88 Å². The van der Waals surface area contributed by atoms with Gasteiger partial charge in [-0.1, -0.05) is 30.3 Å². The Balaban J connectivity index is 2.09. The normalized spacial score (nSPS) is 12.3. The van der Waals surface area contributed by atoms with Gasteiger partial charge in [-0.25, -0.2) is 4.79 Å². The molecule has 0 bridgehead atoms. The summed E-state index contributed by atoms with van der Waals surface area (Å²) in [5.74, 6) is -0.207. The molecule has 0 radical (unpaired) electrons. The summed E-state index contributed by atoms with van der Waals surface area (Å²) in [6, 6.07) is 10.9. The van der Waals surface area contributed by atoms with Crippen LogP contribution in [0, 0.1) is 0 Å². The van der Waals surface area contributed by atoms with Crippen molar-refractivity contribution in [2.45, 2.75) is 32.4 Å². The molecule has 1 heterocycles. The van der Waals surface area contributed by atoms with E-state index in [-0.39, 0.29) is 18.5 Å². The van der Waals surface area contributed by atoms with Crippen LogP contribution >= 0.6 is 43.2 Å². The van der Waals surface area contributed by atoms with Crippen LogP contribution in [0.25, 0.3) is 0 Å². The highest BCUT2D eigenvalue weighted by Gasteiger charge is 2.21. The zero-order valence-electron chi connectivity index (χ0n) is 14.6. The van der Waals surface area contributed by atoms with Gasteiger partial charge in [0.2, 0.25) is 0 Å². The van der Waals surface area contributed by atoms with Crippen LogP contribution in [0.4, 0.5) is 4.79 Å². The first-order chi connectivity index (χ1) is 12.2. The predicted octanol–water partition coefficient (Wildman–Crippen LogP) is 5.27. The maximum absolute atomic E-state index is 12.6. The first-order valence-corrected chi connectivity index (χ1v) is 10.3. The maximum atomic E-state index is 12.6. The van der Waals surface area contributed by atoms with Crippen molar-refractivity contribution in [2.75, 3.05) is 6.54 Å². The van der Waals surface area contributed by atoms with E-state index in [9.17, 15) is 9.59 Å². The van der Waals surface area contributed by atoms with Gasteiger partial charge in [0.05, 0.1) is 14.7 Å². The minimum atomic E-state index is -0.578. The standard InChI is InChI=1S/C18H20Br2N2O3S/c1-18(2,3)25-17(24)21-10-13(11-7-5-4-6-8-11)22-16(23)14-9-12(19)15(20)26-14/h4-9,13H,10H2,1-3H3,(H,21,24)(H,22,23). The van der Waals surface area contributed by atoms with Crippen LogP contribution in [-0.2, 0) is 4.74 Å². The summed E-state index contributed by atoms with van der Waals surface area (Å²) in [4.78, 5) is 25.1. The smallest absolute Gasteiger partial charge is 0.407 e. The lowest BCUT2D eigenvalue weighted by molar-refractivity contribution is 0.0520. The number of hydrogen-bond donors (Lipinski definition) is 2. The van der Waals surface area contributed by atoms with Crippen LogP contribution in [0.5, 0.6) is 0 Å². The van der Waals surface area contributed by atoms with Crippen LogP contribution in [0.1, 0.15) is 42.0 Å². The van der Waals surface area contributed by atoms with Gasteiger partial charge in [0.15, 0.2) is 0 Å². The second kappa shape index (κ2) is 9.01. The molecule has 1 aromatic heterocycles. The van der Waals surface area contributed by atoms with Crippen LogP contribution in [0.3, 0.4) is 0 Å². The second-order valence-electron chi connectivity index (χ2n) is 6.55. The summed E-state index contributed by atoms with van der Waals surface area (Å²) >= 11 is 8.11. The number of benzene rings is 1. The molecule has 2 rings (SSSR count). The minimum Gasteiger partial charge on any atom is -0.444 e. The quantitative estimate of drug-likeness (QED) is 0.584. The molecular weight excluding hydrogens is 484 g/mol. The van der Waals surface area contributed by atoms with Gasteiger partial charge in [0, 0.05) is 11.0 Å². The SMILES string of the molecule is CC(C)(C)OC(=O)NCC(NC(=O)c1cc(Br)c(Br)s1)c1ccccc1. The number of alkyl carbamates (subject to hydrolysis) is 1. The molecule has 2 N–H and O–H groups in total. The van der Waals surface area contributed by atoms with Crippen molar-refractivity contribution in [1.29, 1.82) is 0 Å². The van der Waals surface area contributed by atoms with E-state index in [4.69, 9.17) is 4.74 Å². The molecule has 0 spiro atoms. The lowest BCUT2D eigenvalue weighted by Gasteiger charge is -2.23. The van der Waals surface area contributed by atoms with Crippen molar-refractivity contribution in [3.63, 3.8) is 0 Å². The third kappa shape index (κ3) is 6.41. The lowest BCUT2D eigenvalue weighted by Crippen LogP contribution is -2.40. The van der Waals surface area contributed by atoms with Gasteiger partial charge in [-0.2, -0.15) is 0 Å². The number of hydrogen-bond acceptors (Lipinski definition) is 4. The Morgan fingerprint density at radius 3 is 2.38 bits per heavy atom. The fourth-order valence-electron chi connectivity index (χ4n) is 2.12. The monoisotopic (exact) mass is 502 g/mol. The van der Waals surface area contributed by atoms with Gasteiger partial charge in [-0.05, 0) is 64.3 Å². The second-order valence-corrected chi connectivity index (χ2v) is 9.78. The average molecular weight is 504 g/mol. The molecule has 1 aromatic carbocycles. The summed E-state index contributed by atoms with van der Waals surface area (Å²) in [5.41, 5.74) is 0.317. The van der Waals surface area contributed by atoms with Crippen LogP contribution in [-0.4, -0.2) is 24.1 Å². The van der Waals surface area contributed by atoms with Crippen LogP contribution < -0.4 is 10.6 Å². The molecule has 140 valence electrons. The molecule has 1 atom stereocenters. The molecule has 2 aromatic rings. The first-order valence-electron chi connectivity index (χ1n) is 7.93. The zero-order valence-corrected chi connectivity index (χ0v) is 18.6. The maximum Gasteiger partial charge on any atom is 0.407 e. The number of ether oxygens (including phenoxy) is 1. The number of halogens is 2. The van der Waals surface area contributed by atoms with E-state index in [1.165, 1.54) is 11.3 Å². The highest BCUT2D eigenvalue weighted by Crippen LogP contribution is 2.32. The van der Waals surface area contributed by atoms with Gasteiger partial charge in [-0.15, -0.1) is 11.3 Å². The Morgan fingerprint density at radius 2 is 1.85 bits per heavy atom. The Kier molecular flexibility index (Phi) is 7.25. The molecule has 8 heteroatoms. The Bertz CT molecular complexity index is 753. The molecule has 1 unspecified atom stereocenters. The fourth-order valence-corrected chi connectivity index (χ4v) is 4.06. The third-order valence-electron chi connectivity index (χ3n) is 3.23. The molecule has 2 amide bonds. The van der Waals surface area contributed by atoms with Crippen LogP contribution in [0.2, 0.25) is 0 Å². The third-order valence-corrected chi connectivity index (χ3v) is 6.48. The zero-order chi connectivity index (χ0) is 19.3. The summed E-state index contributed by atoms with van der Waals surface area (Å²) in [6.07, 6.45) is -0.519. The number of rotatable bonds is 5. The van der Waals surface area contributed by atoms with Crippen molar-refractivity contribution in [2.24, 2.45) is 0 Å². The van der Waals surface area contributed by atoms with E-state index in [0.717, 1.165) is 13.8 Å². The van der Waals surface area contributed by atoms with Crippen molar-refractivity contribution in [3.05, 3.63) is 55.1 Å². The van der Waals surface area contributed by atoms with E-state index < -0.39 is 11.7 Å². The van der Waals surface area contributed by atoms with Crippen molar-refractivity contribution >= 4 is 55.2 Å². The first kappa shape index (κ1) is 20.9. The summed E-state index contributed by atoms with van der Waals surface area (Å²) in [6.45, 7) is 5.62. The van der Waals surface area contributed by atoms with E-state index in [1.807, 2.05) is 30.3 Å². The lowest BCUT2D eigenvalue weighted by atomic mass is 10.1. The number of amides is 2. The van der Waals surface area contributed by atoms with Gasteiger partial charge in [0.25, 0.3) is 5.91 Å². The fraction of sp³-hybridized carbons (Fsp3) is 0.333. The van der Waals surface area contributed by atoms with E-state index in [1.54, 1.807) is 26.8 Å². The van der Waals surface area contributed by atoms with Gasteiger partial charge < -0.3 is 15.4 Å². The molecule has 0 fully saturated rings. The molecule has 26 heavy (non-hydrogen) atoms. The number of thiophene rings is 1. The Hall–Kier alpha value is -1.38. The molecule has 5 nitrogen and oxygen atoms in total. The van der Waals surface area contributed by atoms with Gasteiger partial charge >= 0.3 is 6.09 Å². The largest absolute Gasteiger partial charge is 0.444 e.